The summed E-state index contributed by atoms with van der Waals surface area (Å²) in [5.41, 5.74) is 4.60. The van der Waals surface area contributed by atoms with Crippen LogP contribution in [0.5, 0.6) is 0 Å². The molecule has 5 nitrogen and oxygen atoms in total. The number of carbonyl (C=O) groups excluding carboxylic acids is 1. The Morgan fingerprint density at radius 1 is 1.88 bits per heavy atom. The van der Waals surface area contributed by atoms with E-state index in [0.717, 1.165) is 0 Å². The summed E-state index contributed by atoms with van der Waals surface area (Å²) >= 11 is 0. The zero-order chi connectivity index (χ0) is 6.57. The van der Waals surface area contributed by atoms with Gasteiger partial charge in [-0.1, -0.05) is 0 Å². The lowest BCUT2D eigenvalue weighted by atomic mass is 10.4. The molecule has 5 heteroatoms. The first kappa shape index (κ1) is 7.35. The fourth-order valence-electron chi connectivity index (χ4n) is 0.173. The van der Waals surface area contributed by atoms with Gasteiger partial charge in [-0.15, -0.1) is 0 Å². The Morgan fingerprint density at radius 2 is 2.38 bits per heavy atom. The summed E-state index contributed by atoms with van der Waals surface area (Å²) in [5, 5.41) is 8.45. The van der Waals surface area contributed by atoms with Crippen LogP contribution in [0.1, 0.15) is 0 Å². The summed E-state index contributed by atoms with van der Waals surface area (Å²) in [6.45, 7) is -0.255. The van der Waals surface area contributed by atoms with Crippen molar-refractivity contribution >= 4 is 5.91 Å². The smallest absolute Gasteiger partial charge is 0.248 e. The zero-order valence-electron chi connectivity index (χ0n) is 4.20. The summed E-state index contributed by atoms with van der Waals surface area (Å²) in [6, 6.07) is 0. The summed E-state index contributed by atoms with van der Waals surface area (Å²) in [6.07, 6.45) is -1.29. The first-order chi connectivity index (χ1) is 3.68. The predicted octanol–water partition coefficient (Wildman–Crippen LogP) is -2.28. The van der Waals surface area contributed by atoms with Gasteiger partial charge in [-0.05, 0) is 0 Å². The number of hydrogen-bond donors (Lipinski definition) is 3. The van der Waals surface area contributed by atoms with Crippen molar-refractivity contribution in [3.05, 3.63) is 0 Å². The van der Waals surface area contributed by atoms with Crippen LogP contribution < -0.4 is 11.6 Å². The van der Waals surface area contributed by atoms with Gasteiger partial charge < -0.3 is 15.7 Å². The molecule has 0 rings (SSSR count). The van der Waals surface area contributed by atoms with E-state index in [1.807, 2.05) is 0 Å². The molecule has 8 heavy (non-hydrogen) atoms. The van der Waals surface area contributed by atoms with Crippen LogP contribution in [0.3, 0.4) is 0 Å². The Labute approximate surface area is 46.2 Å². The lowest BCUT2D eigenvalue weighted by molar-refractivity contribution is -0.129. The van der Waals surface area contributed by atoms with Crippen molar-refractivity contribution < 1.29 is 14.7 Å². The van der Waals surface area contributed by atoms with E-state index in [1.54, 1.807) is 0 Å². The van der Waals surface area contributed by atoms with Crippen molar-refractivity contribution in [2.24, 2.45) is 11.6 Å². The maximum absolute atomic E-state index is 9.93. The maximum atomic E-state index is 9.93. The molecule has 0 aliphatic rings. The molecule has 0 bridgehead atoms. The van der Waals surface area contributed by atoms with Gasteiger partial charge in [-0.25, -0.2) is 5.90 Å². The first-order valence-corrected chi connectivity index (χ1v) is 1.97. The van der Waals surface area contributed by atoms with Crippen molar-refractivity contribution in [2.75, 3.05) is 6.61 Å². The number of primary amides is 1. The number of aliphatic hydroxyl groups is 1. The molecule has 0 saturated heterocycles. The molecule has 48 valence electrons. The number of aliphatic hydroxyl groups excluding tert-OH is 1. The van der Waals surface area contributed by atoms with Crippen LogP contribution in [0.4, 0.5) is 0 Å². The van der Waals surface area contributed by atoms with Gasteiger partial charge in [-0.3, -0.25) is 4.79 Å². The molecule has 0 aromatic heterocycles. The molecule has 0 aromatic rings. The van der Waals surface area contributed by atoms with Crippen LogP contribution in [-0.4, -0.2) is 23.7 Å². The molecule has 0 aliphatic heterocycles. The van der Waals surface area contributed by atoms with Gasteiger partial charge in [0.1, 0.15) is 6.61 Å². The van der Waals surface area contributed by atoms with E-state index in [4.69, 9.17) is 5.11 Å². The average molecular weight is 120 g/mol. The number of carbonyl (C=O) groups is 1. The third kappa shape index (κ3) is 2.51. The SMILES string of the molecule is NOCC(O)C(N)=O. The minimum Gasteiger partial charge on any atom is -0.381 e. The van der Waals surface area contributed by atoms with Crippen LogP contribution in [0, 0.1) is 0 Å². The highest BCUT2D eigenvalue weighted by atomic mass is 16.6. The monoisotopic (exact) mass is 120 g/mol. The number of amides is 1. The summed E-state index contributed by atoms with van der Waals surface area (Å²) in [7, 11) is 0. The van der Waals surface area contributed by atoms with Crippen LogP contribution in [0.15, 0.2) is 0 Å². The molecule has 1 unspecified atom stereocenters. The lowest BCUT2D eigenvalue weighted by Gasteiger charge is -2.00. The predicted molar refractivity (Wildman–Crippen MR) is 25.3 cm³/mol. The van der Waals surface area contributed by atoms with E-state index in [2.05, 4.69) is 16.5 Å². The Kier molecular flexibility index (Phi) is 3.09. The van der Waals surface area contributed by atoms with Crippen LogP contribution in [0.25, 0.3) is 0 Å². The van der Waals surface area contributed by atoms with Crippen LogP contribution in [0.2, 0.25) is 0 Å². The fraction of sp³-hybridized carbons (Fsp3) is 0.667. The van der Waals surface area contributed by atoms with Gasteiger partial charge in [0.25, 0.3) is 0 Å². The molecular weight excluding hydrogens is 112 g/mol. The van der Waals surface area contributed by atoms with E-state index >= 15 is 0 Å². The molecule has 0 aromatic carbocycles. The molecular formula is C3H8N2O3. The van der Waals surface area contributed by atoms with Crippen molar-refractivity contribution in [2.45, 2.75) is 6.10 Å². The minimum absolute atomic E-state index is 0.255. The molecule has 0 heterocycles. The Morgan fingerprint density at radius 3 is 2.50 bits per heavy atom. The van der Waals surface area contributed by atoms with Gasteiger partial charge in [0.2, 0.25) is 5.91 Å². The van der Waals surface area contributed by atoms with E-state index in [1.165, 1.54) is 0 Å². The molecule has 0 fully saturated rings. The third-order valence-electron chi connectivity index (χ3n) is 0.583. The molecule has 1 atom stereocenters. The number of nitrogens with two attached hydrogens (primary N) is 2. The maximum Gasteiger partial charge on any atom is 0.248 e. The number of hydrogen-bond acceptors (Lipinski definition) is 4. The summed E-state index contributed by atoms with van der Waals surface area (Å²) in [4.78, 5) is 13.8. The quantitative estimate of drug-likeness (QED) is 0.365. The van der Waals surface area contributed by atoms with Gasteiger partial charge in [0, 0.05) is 0 Å². The zero-order valence-corrected chi connectivity index (χ0v) is 4.20. The number of rotatable bonds is 3. The lowest BCUT2D eigenvalue weighted by Crippen LogP contribution is -2.33. The minimum atomic E-state index is -1.29. The van der Waals surface area contributed by atoms with Gasteiger partial charge in [0.15, 0.2) is 6.10 Å². The van der Waals surface area contributed by atoms with E-state index in [9.17, 15) is 4.79 Å². The van der Waals surface area contributed by atoms with Crippen molar-refractivity contribution in [1.29, 1.82) is 0 Å². The van der Waals surface area contributed by atoms with Crippen LogP contribution in [-0.2, 0) is 9.63 Å². The fourth-order valence-corrected chi connectivity index (χ4v) is 0.173. The Hall–Kier alpha value is -0.650. The molecule has 0 aliphatic carbocycles. The Bertz CT molecular complexity index is 84.6. The molecule has 0 spiro atoms. The Balaban J connectivity index is 3.32. The second-order valence-electron chi connectivity index (χ2n) is 1.25. The highest BCUT2D eigenvalue weighted by Crippen LogP contribution is 1.77. The third-order valence-corrected chi connectivity index (χ3v) is 0.583. The average Bonchev–Trinajstić information content (AvgIpc) is 1.67. The van der Waals surface area contributed by atoms with Gasteiger partial charge in [0.05, 0.1) is 0 Å². The first-order valence-electron chi connectivity index (χ1n) is 1.97. The highest BCUT2D eigenvalue weighted by Gasteiger charge is 2.08. The summed E-state index contributed by atoms with van der Waals surface area (Å²) < 4.78 is 0. The van der Waals surface area contributed by atoms with Crippen LogP contribution >= 0.6 is 0 Å². The molecule has 5 N–H and O–H groups in total. The second-order valence-corrected chi connectivity index (χ2v) is 1.25. The standard InChI is InChI=1S/C3H8N2O3/c4-3(7)2(6)1-8-5/h2,6H,1,5H2,(H2,4,7). The largest absolute Gasteiger partial charge is 0.381 e. The van der Waals surface area contributed by atoms with E-state index < -0.39 is 12.0 Å². The molecule has 0 radical (unpaired) electrons. The normalized spacial score (nSPS) is 13.2. The van der Waals surface area contributed by atoms with E-state index in [0.29, 0.717) is 0 Å². The van der Waals surface area contributed by atoms with Crippen molar-refractivity contribution in [3.8, 4) is 0 Å². The second kappa shape index (κ2) is 3.36. The van der Waals surface area contributed by atoms with Crippen molar-refractivity contribution in [1.82, 2.24) is 0 Å². The topological polar surface area (TPSA) is 98.6 Å². The van der Waals surface area contributed by atoms with Gasteiger partial charge in [-0.2, -0.15) is 0 Å². The molecule has 1 amide bonds. The van der Waals surface area contributed by atoms with Gasteiger partial charge >= 0.3 is 0 Å². The van der Waals surface area contributed by atoms with E-state index in [-0.39, 0.29) is 6.61 Å². The van der Waals surface area contributed by atoms with Crippen molar-refractivity contribution in [3.63, 3.8) is 0 Å². The summed E-state index contributed by atoms with van der Waals surface area (Å²) in [5.74, 6) is 3.66. The highest BCUT2D eigenvalue weighted by molar-refractivity contribution is 5.78. The molecule has 0 saturated carbocycles.